The highest BCUT2D eigenvalue weighted by Crippen LogP contribution is 2.20. The fourth-order valence-electron chi connectivity index (χ4n) is 5.06. The molecule has 232 valence electrons. The average molecular weight is 592 g/mol. The van der Waals surface area contributed by atoms with E-state index in [9.17, 15) is 19.2 Å². The highest BCUT2D eigenvalue weighted by molar-refractivity contribution is 5.98. The number of likely N-dealkylation sites (tertiary alicyclic amines) is 1. The van der Waals surface area contributed by atoms with Crippen molar-refractivity contribution in [2.75, 3.05) is 20.2 Å². The summed E-state index contributed by atoms with van der Waals surface area (Å²) in [7, 11) is 1.55. The van der Waals surface area contributed by atoms with Crippen molar-refractivity contribution in [1.82, 2.24) is 15.5 Å². The van der Waals surface area contributed by atoms with E-state index in [-0.39, 0.29) is 24.7 Å². The number of benzene rings is 2. The van der Waals surface area contributed by atoms with Crippen LogP contribution in [-0.2, 0) is 25.5 Å². The molecule has 1 fully saturated rings. The predicted molar refractivity (Wildman–Crippen MR) is 166 cm³/mol. The van der Waals surface area contributed by atoms with Crippen molar-refractivity contribution < 1.29 is 28.7 Å². The number of carbonyl (C=O) groups is 4. The van der Waals surface area contributed by atoms with E-state index in [0.29, 0.717) is 37.1 Å². The van der Waals surface area contributed by atoms with Crippen molar-refractivity contribution in [2.24, 2.45) is 0 Å². The molecule has 2 N–H and O–H groups in total. The van der Waals surface area contributed by atoms with Crippen LogP contribution in [0, 0.1) is 0 Å². The number of nitrogens with zero attached hydrogens (tertiary/aromatic N) is 1. The van der Waals surface area contributed by atoms with Crippen LogP contribution in [-0.4, -0.2) is 72.4 Å². The van der Waals surface area contributed by atoms with Gasteiger partial charge in [-0.1, -0.05) is 55.0 Å². The molecule has 3 rings (SSSR count). The molecule has 43 heavy (non-hydrogen) atoms. The summed E-state index contributed by atoms with van der Waals surface area (Å²) in [5.74, 6) is -0.867. The number of methoxy groups -OCH3 is 1. The van der Waals surface area contributed by atoms with E-state index in [2.05, 4.69) is 17.2 Å². The first-order chi connectivity index (χ1) is 20.5. The van der Waals surface area contributed by atoms with Crippen LogP contribution in [0.3, 0.4) is 0 Å². The molecule has 2 aromatic carbocycles. The van der Waals surface area contributed by atoms with Crippen LogP contribution < -0.4 is 15.4 Å². The molecule has 0 spiro atoms. The molecule has 2 aromatic rings. The van der Waals surface area contributed by atoms with Crippen molar-refractivity contribution in [1.29, 1.82) is 0 Å². The molecule has 0 unspecified atom stereocenters. The van der Waals surface area contributed by atoms with Crippen molar-refractivity contribution in [3.05, 3.63) is 78.4 Å². The average Bonchev–Trinajstić information content (AvgIpc) is 2.98. The van der Waals surface area contributed by atoms with Gasteiger partial charge in [-0.25, -0.2) is 4.79 Å². The minimum atomic E-state index is -0.943. The summed E-state index contributed by atoms with van der Waals surface area (Å²) in [6.07, 6.45) is 4.99. The molecule has 0 saturated carbocycles. The number of Topliss-reactive ketones (excluding diaryl/α,β-unsaturated/α-hetero) is 1. The number of rotatable bonds is 14. The van der Waals surface area contributed by atoms with Crippen LogP contribution in [0.15, 0.2) is 67.3 Å². The van der Waals surface area contributed by atoms with E-state index in [4.69, 9.17) is 9.47 Å². The number of carbonyl (C=O) groups excluding carboxylic acids is 4. The maximum atomic E-state index is 13.7. The summed E-state index contributed by atoms with van der Waals surface area (Å²) in [5.41, 5.74) is 0.647. The maximum Gasteiger partial charge on any atom is 0.329 e. The van der Waals surface area contributed by atoms with Gasteiger partial charge in [0.15, 0.2) is 5.78 Å². The van der Waals surface area contributed by atoms with Crippen molar-refractivity contribution in [3.63, 3.8) is 0 Å². The second-order valence-electron chi connectivity index (χ2n) is 11.8. The Bertz CT molecular complexity index is 1260. The van der Waals surface area contributed by atoms with Gasteiger partial charge in [0.25, 0.3) is 0 Å². The quantitative estimate of drug-likeness (QED) is 0.192. The van der Waals surface area contributed by atoms with Crippen molar-refractivity contribution >= 4 is 23.6 Å². The predicted octanol–water partition coefficient (Wildman–Crippen LogP) is 4.25. The first-order valence-corrected chi connectivity index (χ1v) is 14.9. The fourth-order valence-corrected chi connectivity index (χ4v) is 5.06. The highest BCUT2D eigenvalue weighted by Gasteiger charge is 2.34. The Labute approximate surface area is 255 Å². The number of hydrogen-bond donors (Lipinski definition) is 2. The molecule has 9 heteroatoms. The van der Waals surface area contributed by atoms with Gasteiger partial charge in [-0.2, -0.15) is 0 Å². The van der Waals surface area contributed by atoms with Crippen LogP contribution in [0.2, 0.25) is 0 Å². The normalized spacial score (nSPS) is 16.8. The number of allylic oxidation sites excluding steroid dienone is 1. The Hall–Kier alpha value is -3.98. The first kappa shape index (κ1) is 33.5. The molecule has 9 nitrogen and oxygen atoms in total. The number of amides is 2. The van der Waals surface area contributed by atoms with E-state index in [1.165, 1.54) is 0 Å². The summed E-state index contributed by atoms with van der Waals surface area (Å²) in [5, 5.41) is 5.77. The van der Waals surface area contributed by atoms with Crippen LogP contribution in [0.1, 0.15) is 68.8 Å². The van der Waals surface area contributed by atoms with Crippen molar-refractivity contribution in [2.45, 2.75) is 83.0 Å². The Kier molecular flexibility index (Phi) is 12.5. The summed E-state index contributed by atoms with van der Waals surface area (Å²) in [6.45, 7) is 9.69. The monoisotopic (exact) mass is 591 g/mol. The topological polar surface area (TPSA) is 114 Å². The van der Waals surface area contributed by atoms with Crippen molar-refractivity contribution in [3.8, 4) is 5.75 Å². The molecule has 1 saturated heterocycles. The molecule has 0 aliphatic carbocycles. The van der Waals surface area contributed by atoms with Gasteiger partial charge < -0.3 is 20.1 Å². The molecule has 2 amide bonds. The second-order valence-corrected chi connectivity index (χ2v) is 11.8. The summed E-state index contributed by atoms with van der Waals surface area (Å²) >= 11 is 0. The number of piperidine rings is 1. The second kappa shape index (κ2) is 16.0. The van der Waals surface area contributed by atoms with Gasteiger partial charge in [-0.15, -0.1) is 6.58 Å². The lowest BCUT2D eigenvalue weighted by molar-refractivity contribution is -0.159. The van der Waals surface area contributed by atoms with E-state index >= 15 is 0 Å². The number of hydrogen-bond acceptors (Lipinski definition) is 7. The highest BCUT2D eigenvalue weighted by atomic mass is 16.6. The smallest absolute Gasteiger partial charge is 0.329 e. The van der Waals surface area contributed by atoms with E-state index in [1.54, 1.807) is 58.2 Å². The van der Waals surface area contributed by atoms with Crippen LogP contribution in [0.5, 0.6) is 5.75 Å². The molecule has 0 aromatic heterocycles. The summed E-state index contributed by atoms with van der Waals surface area (Å²) < 4.78 is 10.8. The summed E-state index contributed by atoms with van der Waals surface area (Å²) in [4.78, 5) is 55.4. The lowest BCUT2D eigenvalue weighted by atomic mass is 9.98. The molecular formula is C34H45N3O6. The number of nitrogens with one attached hydrogen (secondary N) is 2. The Morgan fingerprint density at radius 1 is 1.02 bits per heavy atom. The Balaban J connectivity index is 1.78. The van der Waals surface area contributed by atoms with E-state index in [1.807, 2.05) is 35.2 Å². The van der Waals surface area contributed by atoms with Crippen LogP contribution in [0.25, 0.3) is 0 Å². The zero-order chi connectivity index (χ0) is 31.4. The lowest BCUT2D eigenvalue weighted by Gasteiger charge is -2.35. The van der Waals surface area contributed by atoms with E-state index < -0.39 is 35.6 Å². The molecular weight excluding hydrogens is 546 g/mol. The van der Waals surface area contributed by atoms with Gasteiger partial charge in [0.05, 0.1) is 19.7 Å². The molecule has 0 bridgehead atoms. The number of ether oxygens (including phenoxy) is 2. The number of esters is 1. The van der Waals surface area contributed by atoms with Gasteiger partial charge in [0, 0.05) is 12.0 Å². The number of ketones is 1. The lowest BCUT2D eigenvalue weighted by Crippen LogP contribution is -2.58. The first-order valence-electron chi connectivity index (χ1n) is 14.9. The van der Waals surface area contributed by atoms with E-state index in [0.717, 1.165) is 18.4 Å². The molecule has 0 radical (unpaired) electrons. The van der Waals surface area contributed by atoms with Gasteiger partial charge in [-0.05, 0) is 70.7 Å². The van der Waals surface area contributed by atoms with Crippen LogP contribution >= 0.6 is 0 Å². The van der Waals surface area contributed by atoms with Gasteiger partial charge in [0.1, 0.15) is 23.4 Å². The zero-order valence-corrected chi connectivity index (χ0v) is 25.8. The molecule has 1 heterocycles. The summed E-state index contributed by atoms with van der Waals surface area (Å²) in [6, 6.07) is 13.9. The minimum absolute atomic E-state index is 0.0725. The van der Waals surface area contributed by atoms with Gasteiger partial charge in [-0.3, -0.25) is 19.3 Å². The Morgan fingerprint density at radius 2 is 1.77 bits per heavy atom. The van der Waals surface area contributed by atoms with Gasteiger partial charge >= 0.3 is 5.97 Å². The molecule has 1 aliphatic heterocycles. The minimum Gasteiger partial charge on any atom is -0.497 e. The third-order valence-electron chi connectivity index (χ3n) is 7.24. The third kappa shape index (κ3) is 10.7. The molecule has 1 aliphatic rings. The standard InChI is InChI=1S/C34H45N3O6/c1-6-7-18-27(33(41)43-34(2,3)4)35-31(39)28(21-24-14-9-8-10-15-24)36-32(40)29-19-11-12-20-37(29)23-30(38)25-16-13-17-26(22-25)42-5/h6,8-10,13-17,22,27-29H,1,7,11-12,18-21,23H2,2-5H3,(H,35,39)(H,36,40)/t27-,28-,29-/m0/s1. The van der Waals surface area contributed by atoms with Crippen LogP contribution in [0.4, 0.5) is 0 Å². The third-order valence-corrected chi connectivity index (χ3v) is 7.24. The fraction of sp³-hybridized carbons (Fsp3) is 0.471. The zero-order valence-electron chi connectivity index (χ0n) is 25.8. The largest absolute Gasteiger partial charge is 0.497 e. The van der Waals surface area contributed by atoms with Gasteiger partial charge in [0.2, 0.25) is 11.8 Å². The maximum absolute atomic E-state index is 13.7. The molecule has 3 atom stereocenters. The SMILES string of the molecule is C=CCC[C@H](NC(=O)[C@H](Cc1ccccc1)NC(=O)[C@@H]1CCCCN1CC(=O)c1cccc(OC)c1)C(=O)OC(C)(C)C. The Morgan fingerprint density at radius 3 is 2.44 bits per heavy atom.